The van der Waals surface area contributed by atoms with Crippen LogP contribution in [0.4, 0.5) is 0 Å². The molecule has 8 nitrogen and oxygen atoms in total. The van der Waals surface area contributed by atoms with Crippen LogP contribution in [-0.2, 0) is 14.8 Å². The summed E-state index contributed by atoms with van der Waals surface area (Å²) in [4.78, 5) is 17.7. The highest BCUT2D eigenvalue weighted by molar-refractivity contribution is 7.89. The van der Waals surface area contributed by atoms with Crippen LogP contribution in [0.2, 0.25) is 0 Å². The number of benzene rings is 1. The number of hydrogen-bond donors (Lipinski definition) is 2. The monoisotopic (exact) mass is 378 g/mol. The van der Waals surface area contributed by atoms with Crippen LogP contribution < -0.4 is 10.0 Å². The van der Waals surface area contributed by atoms with Gasteiger partial charge in [-0.2, -0.15) is 0 Å². The van der Waals surface area contributed by atoms with E-state index in [0.717, 1.165) is 12.1 Å². The first-order chi connectivity index (χ1) is 12.4. The van der Waals surface area contributed by atoms with Gasteiger partial charge in [0.1, 0.15) is 12.0 Å². The average molecular weight is 378 g/mol. The molecule has 0 bridgehead atoms. The molecule has 0 aliphatic carbocycles. The standard InChI is InChI=1S/C17H22N4O4S/c1-13-20-16(12-25-13)14-3-5-15(6-4-14)26(23,24)19-7-2-9-21-10-8-18-17(22)11-21/h3-6,12,19H,2,7-11H2,1H3,(H,18,22). The fourth-order valence-corrected chi connectivity index (χ4v) is 3.85. The summed E-state index contributed by atoms with van der Waals surface area (Å²) in [6, 6.07) is 6.52. The molecular weight excluding hydrogens is 356 g/mol. The van der Waals surface area contributed by atoms with Crippen molar-refractivity contribution in [2.24, 2.45) is 0 Å². The molecule has 1 fully saturated rings. The number of aryl methyl sites for hydroxylation is 1. The summed E-state index contributed by atoms with van der Waals surface area (Å²) in [6.45, 7) is 4.56. The van der Waals surface area contributed by atoms with E-state index in [1.807, 2.05) is 4.90 Å². The average Bonchev–Trinajstić information content (AvgIpc) is 3.05. The number of nitrogens with zero attached hydrogens (tertiary/aromatic N) is 2. The van der Waals surface area contributed by atoms with Crippen LogP contribution >= 0.6 is 0 Å². The maximum Gasteiger partial charge on any atom is 0.240 e. The molecule has 1 aromatic carbocycles. The first-order valence-corrected chi connectivity index (χ1v) is 9.94. The summed E-state index contributed by atoms with van der Waals surface area (Å²) < 4.78 is 32.5. The minimum absolute atomic E-state index is 0.0132. The van der Waals surface area contributed by atoms with E-state index in [4.69, 9.17) is 4.42 Å². The summed E-state index contributed by atoms with van der Waals surface area (Å²) in [5.74, 6) is 0.573. The second-order valence-corrected chi connectivity index (χ2v) is 7.92. The largest absolute Gasteiger partial charge is 0.449 e. The maximum absolute atomic E-state index is 12.4. The van der Waals surface area contributed by atoms with Crippen molar-refractivity contribution in [2.45, 2.75) is 18.2 Å². The van der Waals surface area contributed by atoms with Crippen molar-refractivity contribution in [3.8, 4) is 11.3 Å². The van der Waals surface area contributed by atoms with E-state index >= 15 is 0 Å². The quantitative estimate of drug-likeness (QED) is 0.689. The van der Waals surface area contributed by atoms with Crippen molar-refractivity contribution in [2.75, 3.05) is 32.7 Å². The zero-order valence-corrected chi connectivity index (χ0v) is 15.4. The van der Waals surface area contributed by atoms with Gasteiger partial charge in [-0.15, -0.1) is 0 Å². The summed E-state index contributed by atoms with van der Waals surface area (Å²) >= 11 is 0. The molecule has 0 unspecified atom stereocenters. The van der Waals surface area contributed by atoms with E-state index in [-0.39, 0.29) is 10.8 Å². The normalized spacial score (nSPS) is 15.8. The molecule has 0 saturated carbocycles. The van der Waals surface area contributed by atoms with Crippen LogP contribution in [0.5, 0.6) is 0 Å². The lowest BCUT2D eigenvalue weighted by molar-refractivity contribution is -0.124. The summed E-state index contributed by atoms with van der Waals surface area (Å²) in [7, 11) is -3.56. The Balaban J connectivity index is 1.52. The zero-order chi connectivity index (χ0) is 18.6. The van der Waals surface area contributed by atoms with Crippen molar-refractivity contribution < 1.29 is 17.6 Å². The van der Waals surface area contributed by atoms with Crippen molar-refractivity contribution in [3.63, 3.8) is 0 Å². The SMILES string of the molecule is Cc1nc(-c2ccc(S(=O)(=O)NCCCN3CCNC(=O)C3)cc2)co1. The first-order valence-electron chi connectivity index (χ1n) is 8.45. The van der Waals surface area contributed by atoms with Gasteiger partial charge in [0.25, 0.3) is 0 Å². The molecule has 0 radical (unpaired) electrons. The Morgan fingerprint density at radius 3 is 2.73 bits per heavy atom. The van der Waals surface area contributed by atoms with E-state index in [9.17, 15) is 13.2 Å². The summed E-state index contributed by atoms with van der Waals surface area (Å²) in [6.07, 6.45) is 2.18. The summed E-state index contributed by atoms with van der Waals surface area (Å²) in [5, 5.41) is 2.76. The second-order valence-electron chi connectivity index (χ2n) is 6.15. The first kappa shape index (κ1) is 18.6. The Hall–Kier alpha value is -2.23. The maximum atomic E-state index is 12.4. The predicted octanol–water partition coefficient (Wildman–Crippen LogP) is 0.750. The minimum Gasteiger partial charge on any atom is -0.449 e. The Bertz CT molecular complexity index is 861. The van der Waals surface area contributed by atoms with Crippen LogP contribution in [0, 0.1) is 6.92 Å². The molecule has 3 rings (SSSR count). The number of rotatable bonds is 7. The molecular formula is C17H22N4O4S. The number of sulfonamides is 1. The number of piperazine rings is 1. The Morgan fingerprint density at radius 2 is 2.08 bits per heavy atom. The zero-order valence-electron chi connectivity index (χ0n) is 14.6. The number of nitrogens with one attached hydrogen (secondary N) is 2. The molecule has 2 aromatic rings. The van der Waals surface area contributed by atoms with Crippen molar-refractivity contribution in [1.29, 1.82) is 0 Å². The molecule has 1 aliphatic rings. The number of carbonyl (C=O) groups excluding carboxylic acids is 1. The molecule has 1 aliphatic heterocycles. The predicted molar refractivity (Wildman–Crippen MR) is 95.9 cm³/mol. The Morgan fingerprint density at radius 1 is 1.31 bits per heavy atom. The van der Waals surface area contributed by atoms with Gasteiger partial charge >= 0.3 is 0 Å². The van der Waals surface area contributed by atoms with Crippen LogP contribution in [0.15, 0.2) is 39.8 Å². The number of oxazole rings is 1. The summed E-state index contributed by atoms with van der Waals surface area (Å²) in [5.41, 5.74) is 1.47. The second kappa shape index (κ2) is 7.98. The van der Waals surface area contributed by atoms with Crippen LogP contribution in [0.3, 0.4) is 0 Å². The van der Waals surface area contributed by atoms with E-state index in [1.54, 1.807) is 31.2 Å². The van der Waals surface area contributed by atoms with Gasteiger partial charge in [-0.3, -0.25) is 9.69 Å². The lowest BCUT2D eigenvalue weighted by Crippen LogP contribution is -2.48. The lowest BCUT2D eigenvalue weighted by atomic mass is 10.2. The van der Waals surface area contributed by atoms with Gasteiger partial charge in [-0.25, -0.2) is 18.1 Å². The van der Waals surface area contributed by atoms with Crippen molar-refractivity contribution >= 4 is 15.9 Å². The Kier molecular flexibility index (Phi) is 5.70. The van der Waals surface area contributed by atoms with E-state index < -0.39 is 10.0 Å². The smallest absolute Gasteiger partial charge is 0.240 e. The molecule has 2 heterocycles. The van der Waals surface area contributed by atoms with E-state index in [0.29, 0.717) is 44.2 Å². The van der Waals surface area contributed by atoms with Crippen LogP contribution in [0.1, 0.15) is 12.3 Å². The number of carbonyl (C=O) groups is 1. The fraction of sp³-hybridized carbons (Fsp3) is 0.412. The molecule has 1 saturated heterocycles. The highest BCUT2D eigenvalue weighted by Crippen LogP contribution is 2.20. The Labute approximate surface area is 152 Å². The third-order valence-electron chi connectivity index (χ3n) is 4.14. The van der Waals surface area contributed by atoms with E-state index in [1.165, 1.54) is 6.26 Å². The molecule has 26 heavy (non-hydrogen) atoms. The highest BCUT2D eigenvalue weighted by Gasteiger charge is 2.17. The van der Waals surface area contributed by atoms with Gasteiger partial charge in [0.2, 0.25) is 15.9 Å². The molecule has 1 aromatic heterocycles. The lowest BCUT2D eigenvalue weighted by Gasteiger charge is -2.26. The van der Waals surface area contributed by atoms with Gasteiger partial charge in [-0.1, -0.05) is 12.1 Å². The topological polar surface area (TPSA) is 105 Å². The highest BCUT2D eigenvalue weighted by atomic mass is 32.2. The van der Waals surface area contributed by atoms with Gasteiger partial charge < -0.3 is 9.73 Å². The number of aromatic nitrogens is 1. The molecule has 1 amide bonds. The molecule has 2 N–H and O–H groups in total. The molecule has 9 heteroatoms. The third kappa shape index (κ3) is 4.69. The van der Waals surface area contributed by atoms with Gasteiger partial charge in [0.15, 0.2) is 5.89 Å². The van der Waals surface area contributed by atoms with Gasteiger partial charge in [-0.05, 0) is 25.1 Å². The van der Waals surface area contributed by atoms with E-state index in [2.05, 4.69) is 15.0 Å². The fourth-order valence-electron chi connectivity index (χ4n) is 2.78. The number of amides is 1. The van der Waals surface area contributed by atoms with Gasteiger partial charge in [0, 0.05) is 32.1 Å². The van der Waals surface area contributed by atoms with Gasteiger partial charge in [0.05, 0.1) is 11.4 Å². The molecule has 0 atom stereocenters. The molecule has 140 valence electrons. The third-order valence-corrected chi connectivity index (χ3v) is 5.62. The van der Waals surface area contributed by atoms with Crippen LogP contribution in [-0.4, -0.2) is 56.9 Å². The minimum atomic E-state index is -3.56. The number of hydrogen-bond acceptors (Lipinski definition) is 6. The van der Waals surface area contributed by atoms with Crippen molar-refractivity contribution in [3.05, 3.63) is 36.4 Å². The molecule has 0 spiro atoms. The van der Waals surface area contributed by atoms with Crippen molar-refractivity contribution in [1.82, 2.24) is 19.9 Å². The van der Waals surface area contributed by atoms with Crippen LogP contribution in [0.25, 0.3) is 11.3 Å².